The minimum absolute atomic E-state index is 0.515. The summed E-state index contributed by atoms with van der Waals surface area (Å²) in [5, 5.41) is 10.7. The number of benzene rings is 1. The predicted octanol–water partition coefficient (Wildman–Crippen LogP) is 2.49. The van der Waals surface area contributed by atoms with Gasteiger partial charge in [-0.05, 0) is 31.9 Å². The smallest absolute Gasteiger partial charge is 0.111 e. The number of rotatable bonds is 3. The molecule has 0 spiro atoms. The van der Waals surface area contributed by atoms with Crippen LogP contribution in [0, 0.1) is 13.8 Å². The maximum absolute atomic E-state index is 10.7. The molecule has 1 N–H and O–H groups in total. The molecule has 1 heterocycles. The zero-order valence-corrected chi connectivity index (χ0v) is 11.4. The Morgan fingerprint density at radius 2 is 2.06 bits per heavy atom. The molecule has 3 nitrogen and oxygen atoms in total. The summed E-state index contributed by atoms with van der Waals surface area (Å²) in [6.45, 7) is 5.92. The van der Waals surface area contributed by atoms with Gasteiger partial charge in [-0.1, -0.05) is 23.8 Å². The molecule has 0 aliphatic heterocycles. The molecular weight excluding hydrogens is 224 g/mol. The lowest BCUT2D eigenvalue weighted by atomic mass is 9.88. The lowest BCUT2D eigenvalue weighted by molar-refractivity contribution is 0.0541. The van der Waals surface area contributed by atoms with Gasteiger partial charge in [0.15, 0.2) is 0 Å². The molecule has 1 aromatic carbocycles. The van der Waals surface area contributed by atoms with E-state index in [4.69, 9.17) is 0 Å². The van der Waals surface area contributed by atoms with Crippen LogP contribution in [0.4, 0.5) is 0 Å². The second kappa shape index (κ2) is 4.58. The van der Waals surface area contributed by atoms with E-state index in [0.29, 0.717) is 6.42 Å². The van der Waals surface area contributed by atoms with Crippen LogP contribution in [0.1, 0.15) is 29.4 Å². The third-order valence-electron chi connectivity index (χ3n) is 3.40. The molecule has 0 aliphatic carbocycles. The fraction of sp³-hybridized carbons (Fsp3) is 0.400. The number of hydrogen-bond donors (Lipinski definition) is 1. The van der Waals surface area contributed by atoms with Crippen molar-refractivity contribution in [2.45, 2.75) is 32.8 Å². The van der Waals surface area contributed by atoms with E-state index in [0.717, 1.165) is 22.5 Å². The van der Waals surface area contributed by atoms with Crippen LogP contribution in [-0.4, -0.2) is 14.7 Å². The maximum atomic E-state index is 10.7. The largest absolute Gasteiger partial charge is 0.385 e. The molecule has 0 fully saturated rings. The van der Waals surface area contributed by atoms with Gasteiger partial charge in [0.05, 0.1) is 5.60 Å². The lowest BCUT2D eigenvalue weighted by Gasteiger charge is -2.26. The fourth-order valence-electron chi connectivity index (χ4n) is 2.29. The molecular formula is C15H20N2O. The number of nitrogens with zero attached hydrogens (tertiary/aromatic N) is 2. The van der Waals surface area contributed by atoms with Crippen LogP contribution in [-0.2, 0) is 19.1 Å². The van der Waals surface area contributed by atoms with Gasteiger partial charge < -0.3 is 9.67 Å². The van der Waals surface area contributed by atoms with Gasteiger partial charge in [-0.15, -0.1) is 0 Å². The van der Waals surface area contributed by atoms with Gasteiger partial charge in [-0.25, -0.2) is 4.98 Å². The molecule has 0 amide bonds. The zero-order chi connectivity index (χ0) is 13.3. The molecule has 0 aliphatic rings. The number of aromatic nitrogens is 2. The van der Waals surface area contributed by atoms with Crippen LogP contribution >= 0.6 is 0 Å². The van der Waals surface area contributed by atoms with Crippen molar-refractivity contribution in [3.8, 4) is 0 Å². The average molecular weight is 244 g/mol. The Kier molecular flexibility index (Phi) is 3.26. The second-order valence-corrected chi connectivity index (χ2v) is 5.22. The van der Waals surface area contributed by atoms with Crippen molar-refractivity contribution in [1.82, 2.24) is 9.55 Å². The van der Waals surface area contributed by atoms with Crippen LogP contribution in [0.25, 0.3) is 0 Å². The Hall–Kier alpha value is -1.61. The summed E-state index contributed by atoms with van der Waals surface area (Å²) >= 11 is 0. The van der Waals surface area contributed by atoms with E-state index in [9.17, 15) is 5.11 Å². The van der Waals surface area contributed by atoms with Gasteiger partial charge in [0.1, 0.15) is 5.82 Å². The van der Waals surface area contributed by atoms with Crippen LogP contribution in [0.2, 0.25) is 0 Å². The Bertz CT molecular complexity index is 555. The zero-order valence-electron chi connectivity index (χ0n) is 11.4. The molecule has 1 unspecified atom stereocenters. The molecule has 0 radical (unpaired) electrons. The molecule has 1 atom stereocenters. The Balaban J connectivity index is 2.36. The van der Waals surface area contributed by atoms with Gasteiger partial charge >= 0.3 is 0 Å². The molecule has 3 heteroatoms. The molecule has 2 aromatic rings. The van der Waals surface area contributed by atoms with Crippen LogP contribution in [0.5, 0.6) is 0 Å². The highest BCUT2D eigenvalue weighted by Crippen LogP contribution is 2.28. The molecule has 2 rings (SSSR count). The summed E-state index contributed by atoms with van der Waals surface area (Å²) in [6.07, 6.45) is 4.17. The summed E-state index contributed by atoms with van der Waals surface area (Å²) in [5.41, 5.74) is 2.36. The van der Waals surface area contributed by atoms with Crippen LogP contribution in [0.15, 0.2) is 30.6 Å². The molecule has 0 saturated heterocycles. The number of hydrogen-bond acceptors (Lipinski definition) is 2. The number of imidazole rings is 1. The molecule has 18 heavy (non-hydrogen) atoms. The highest BCUT2D eigenvalue weighted by atomic mass is 16.3. The van der Waals surface area contributed by atoms with E-state index < -0.39 is 5.60 Å². The Morgan fingerprint density at radius 3 is 2.67 bits per heavy atom. The minimum atomic E-state index is -0.894. The first kappa shape index (κ1) is 12.8. The van der Waals surface area contributed by atoms with Crippen molar-refractivity contribution in [2.75, 3.05) is 0 Å². The topological polar surface area (TPSA) is 38.1 Å². The second-order valence-electron chi connectivity index (χ2n) is 5.22. The quantitative estimate of drug-likeness (QED) is 0.900. The Morgan fingerprint density at radius 1 is 1.33 bits per heavy atom. The maximum Gasteiger partial charge on any atom is 0.111 e. The molecule has 96 valence electrons. The molecule has 1 aromatic heterocycles. The first-order valence-electron chi connectivity index (χ1n) is 6.16. The van der Waals surface area contributed by atoms with Crippen molar-refractivity contribution >= 4 is 0 Å². The summed E-state index contributed by atoms with van der Waals surface area (Å²) in [7, 11) is 1.95. The van der Waals surface area contributed by atoms with Gasteiger partial charge in [-0.2, -0.15) is 0 Å². The average Bonchev–Trinajstić information content (AvgIpc) is 2.67. The van der Waals surface area contributed by atoms with Crippen molar-refractivity contribution in [1.29, 1.82) is 0 Å². The van der Waals surface area contributed by atoms with E-state index in [2.05, 4.69) is 23.2 Å². The van der Waals surface area contributed by atoms with Crippen LogP contribution in [0.3, 0.4) is 0 Å². The molecule has 0 saturated carbocycles. The van der Waals surface area contributed by atoms with Crippen molar-refractivity contribution in [3.63, 3.8) is 0 Å². The SMILES string of the molecule is Cc1ccc(C)c(C(C)(O)Cc2nccn2C)c1. The standard InChI is InChI=1S/C15H20N2O/c1-11-5-6-12(2)13(9-11)15(3,18)10-14-16-7-8-17(14)4/h5-9,18H,10H2,1-4H3. The highest BCUT2D eigenvalue weighted by molar-refractivity contribution is 5.35. The number of aryl methyl sites for hydroxylation is 3. The molecule has 0 bridgehead atoms. The van der Waals surface area contributed by atoms with Gasteiger partial charge in [0, 0.05) is 25.9 Å². The monoisotopic (exact) mass is 244 g/mol. The van der Waals surface area contributed by atoms with Gasteiger partial charge in [0.25, 0.3) is 0 Å². The first-order valence-corrected chi connectivity index (χ1v) is 6.16. The fourth-order valence-corrected chi connectivity index (χ4v) is 2.29. The van der Waals surface area contributed by atoms with E-state index in [1.165, 1.54) is 0 Å². The summed E-state index contributed by atoms with van der Waals surface area (Å²) in [5.74, 6) is 0.890. The minimum Gasteiger partial charge on any atom is -0.385 e. The highest BCUT2D eigenvalue weighted by Gasteiger charge is 2.27. The number of aliphatic hydroxyl groups is 1. The van der Waals surface area contributed by atoms with Gasteiger partial charge in [-0.3, -0.25) is 0 Å². The summed E-state index contributed by atoms with van der Waals surface area (Å²) in [6, 6.07) is 6.17. The Labute approximate surface area is 108 Å². The third-order valence-corrected chi connectivity index (χ3v) is 3.40. The third kappa shape index (κ3) is 2.46. The predicted molar refractivity (Wildman–Crippen MR) is 72.4 cm³/mol. The van der Waals surface area contributed by atoms with Crippen LogP contribution < -0.4 is 0 Å². The van der Waals surface area contributed by atoms with E-state index in [-0.39, 0.29) is 0 Å². The summed E-state index contributed by atoms with van der Waals surface area (Å²) < 4.78 is 1.94. The lowest BCUT2D eigenvalue weighted by Crippen LogP contribution is -2.27. The van der Waals surface area contributed by atoms with E-state index in [1.807, 2.05) is 38.6 Å². The normalized spacial score (nSPS) is 14.5. The van der Waals surface area contributed by atoms with Gasteiger partial charge in [0.2, 0.25) is 0 Å². The van der Waals surface area contributed by atoms with E-state index in [1.54, 1.807) is 6.20 Å². The van der Waals surface area contributed by atoms with Crippen molar-refractivity contribution in [2.24, 2.45) is 7.05 Å². The summed E-state index contributed by atoms with van der Waals surface area (Å²) in [4.78, 5) is 4.28. The van der Waals surface area contributed by atoms with E-state index >= 15 is 0 Å². The first-order chi connectivity index (χ1) is 8.40. The van der Waals surface area contributed by atoms with Crippen molar-refractivity contribution in [3.05, 3.63) is 53.1 Å². The van der Waals surface area contributed by atoms with Crippen molar-refractivity contribution < 1.29 is 5.11 Å².